The summed E-state index contributed by atoms with van der Waals surface area (Å²) in [6.45, 7) is 5.91. The molecule has 0 aliphatic heterocycles. The Bertz CT molecular complexity index is 582. The summed E-state index contributed by atoms with van der Waals surface area (Å²) in [5, 5.41) is 0. The van der Waals surface area contributed by atoms with Gasteiger partial charge in [-0.2, -0.15) is 0 Å². The van der Waals surface area contributed by atoms with Gasteiger partial charge in [-0.1, -0.05) is 56.7 Å². The van der Waals surface area contributed by atoms with Crippen molar-refractivity contribution in [3.05, 3.63) is 54.1 Å². The zero-order valence-corrected chi connectivity index (χ0v) is 12.9. The van der Waals surface area contributed by atoms with E-state index in [9.17, 15) is 4.79 Å². The van der Waals surface area contributed by atoms with Gasteiger partial charge in [0.25, 0.3) is 0 Å². The van der Waals surface area contributed by atoms with Crippen LogP contribution in [0.5, 0.6) is 5.75 Å². The average molecular weight is 282 g/mol. The molecule has 0 aliphatic carbocycles. The fraction of sp³-hybridized carbons (Fsp3) is 0.316. The number of hydrogen-bond acceptors (Lipinski definition) is 2. The Morgan fingerprint density at radius 2 is 1.52 bits per heavy atom. The van der Waals surface area contributed by atoms with Gasteiger partial charge in [-0.3, -0.25) is 4.79 Å². The first-order valence-corrected chi connectivity index (χ1v) is 7.46. The van der Waals surface area contributed by atoms with E-state index in [1.807, 2.05) is 24.3 Å². The molecule has 2 aromatic rings. The molecule has 0 spiro atoms. The lowest BCUT2D eigenvalue weighted by molar-refractivity contribution is -0.131. The van der Waals surface area contributed by atoms with Crippen LogP contribution in [-0.4, -0.2) is 5.97 Å². The minimum absolute atomic E-state index is 0.294. The van der Waals surface area contributed by atoms with Crippen LogP contribution in [0, 0.1) is 5.92 Å². The molecule has 2 heteroatoms. The van der Waals surface area contributed by atoms with Crippen molar-refractivity contribution < 1.29 is 9.53 Å². The number of benzene rings is 2. The minimum atomic E-state index is -0.294. The van der Waals surface area contributed by atoms with Crippen LogP contribution in [0.4, 0.5) is 0 Å². The second-order valence-electron chi connectivity index (χ2n) is 5.53. The van der Waals surface area contributed by atoms with Gasteiger partial charge in [-0.15, -0.1) is 0 Å². The maximum atomic E-state index is 10.9. The topological polar surface area (TPSA) is 26.3 Å². The molecule has 0 saturated carbocycles. The Labute approximate surface area is 126 Å². The highest BCUT2D eigenvalue weighted by Gasteiger charge is 2.03. The van der Waals surface area contributed by atoms with Crippen molar-refractivity contribution in [1.29, 1.82) is 0 Å². The van der Waals surface area contributed by atoms with Crippen molar-refractivity contribution in [2.45, 2.75) is 33.6 Å². The number of ether oxygens (including phenoxy) is 1. The predicted molar refractivity (Wildman–Crippen MR) is 86.3 cm³/mol. The molecule has 0 amide bonds. The third-order valence-corrected chi connectivity index (χ3v) is 3.68. The van der Waals surface area contributed by atoms with E-state index in [0.29, 0.717) is 5.75 Å². The Hall–Kier alpha value is -2.09. The molecule has 110 valence electrons. The first-order valence-electron chi connectivity index (χ1n) is 7.46. The third-order valence-electron chi connectivity index (χ3n) is 3.68. The van der Waals surface area contributed by atoms with Crippen molar-refractivity contribution in [2.24, 2.45) is 5.92 Å². The summed E-state index contributed by atoms with van der Waals surface area (Å²) < 4.78 is 5.04. The molecule has 0 aromatic heterocycles. The fourth-order valence-electron chi connectivity index (χ4n) is 2.26. The normalized spacial score (nSPS) is 12.0. The molecule has 0 fully saturated rings. The molecule has 0 aliphatic rings. The second kappa shape index (κ2) is 7.07. The highest BCUT2D eigenvalue weighted by molar-refractivity contribution is 5.70. The summed E-state index contributed by atoms with van der Waals surface area (Å²) in [4.78, 5) is 10.9. The van der Waals surface area contributed by atoms with Gasteiger partial charge in [-0.05, 0) is 41.2 Å². The Morgan fingerprint density at radius 1 is 1.00 bits per heavy atom. The van der Waals surface area contributed by atoms with E-state index in [1.165, 1.54) is 24.5 Å². The number of carbonyl (C=O) groups is 1. The predicted octanol–water partition coefficient (Wildman–Crippen LogP) is 4.87. The summed E-state index contributed by atoms with van der Waals surface area (Å²) in [5.41, 5.74) is 3.68. The van der Waals surface area contributed by atoms with E-state index in [2.05, 4.69) is 38.1 Å². The molecular formula is C19H22O2. The molecule has 2 rings (SSSR count). The first-order chi connectivity index (χ1) is 10.1. The third kappa shape index (κ3) is 4.45. The van der Waals surface area contributed by atoms with Gasteiger partial charge in [0, 0.05) is 6.92 Å². The summed E-state index contributed by atoms with van der Waals surface area (Å²) in [5.74, 6) is 1.01. The van der Waals surface area contributed by atoms with Crippen LogP contribution in [0.3, 0.4) is 0 Å². The maximum Gasteiger partial charge on any atom is 0.308 e. The Morgan fingerprint density at radius 3 is 2.00 bits per heavy atom. The van der Waals surface area contributed by atoms with Crippen molar-refractivity contribution in [3.63, 3.8) is 0 Å². The maximum absolute atomic E-state index is 10.9. The Balaban J connectivity index is 2.09. The first kappa shape index (κ1) is 15.3. The van der Waals surface area contributed by atoms with Gasteiger partial charge in [-0.25, -0.2) is 0 Å². The number of hydrogen-bond donors (Lipinski definition) is 0. The van der Waals surface area contributed by atoms with Crippen molar-refractivity contribution in [3.8, 4) is 16.9 Å². The van der Waals surface area contributed by atoms with Crippen LogP contribution in [-0.2, 0) is 11.2 Å². The van der Waals surface area contributed by atoms with E-state index in [0.717, 1.165) is 17.9 Å². The van der Waals surface area contributed by atoms with Crippen molar-refractivity contribution in [2.75, 3.05) is 0 Å². The lowest BCUT2D eigenvalue weighted by atomic mass is 9.97. The minimum Gasteiger partial charge on any atom is -0.427 e. The van der Waals surface area contributed by atoms with Crippen LogP contribution >= 0.6 is 0 Å². The highest BCUT2D eigenvalue weighted by Crippen LogP contribution is 2.23. The van der Waals surface area contributed by atoms with E-state index in [4.69, 9.17) is 4.74 Å². The molecule has 0 saturated heterocycles. The number of esters is 1. The van der Waals surface area contributed by atoms with Gasteiger partial charge in [0.15, 0.2) is 0 Å². The second-order valence-corrected chi connectivity index (χ2v) is 5.53. The lowest BCUT2D eigenvalue weighted by Gasteiger charge is -2.09. The van der Waals surface area contributed by atoms with Gasteiger partial charge >= 0.3 is 5.97 Å². The van der Waals surface area contributed by atoms with Gasteiger partial charge in [0.05, 0.1) is 0 Å². The summed E-state index contributed by atoms with van der Waals surface area (Å²) in [6, 6.07) is 16.3. The molecule has 2 nitrogen and oxygen atoms in total. The summed E-state index contributed by atoms with van der Waals surface area (Å²) in [7, 11) is 0. The van der Waals surface area contributed by atoms with Crippen molar-refractivity contribution >= 4 is 5.97 Å². The molecular weight excluding hydrogens is 260 g/mol. The van der Waals surface area contributed by atoms with Crippen LogP contribution in [0.1, 0.15) is 32.8 Å². The molecule has 0 radical (unpaired) electrons. The monoisotopic (exact) mass is 282 g/mol. The quantitative estimate of drug-likeness (QED) is 0.578. The molecule has 1 atom stereocenters. The standard InChI is InChI=1S/C19H22O2/c1-4-14(2)13-16-5-7-17(8-6-16)18-9-11-19(12-10-18)21-15(3)20/h5-12,14H,4,13H2,1-3H3. The lowest BCUT2D eigenvalue weighted by Crippen LogP contribution is -2.00. The zero-order valence-electron chi connectivity index (χ0n) is 12.9. The summed E-state index contributed by atoms with van der Waals surface area (Å²) in [6.07, 6.45) is 2.33. The molecule has 21 heavy (non-hydrogen) atoms. The largest absolute Gasteiger partial charge is 0.427 e. The van der Waals surface area contributed by atoms with E-state index < -0.39 is 0 Å². The van der Waals surface area contributed by atoms with Crippen LogP contribution in [0.25, 0.3) is 11.1 Å². The molecule has 0 N–H and O–H groups in total. The van der Waals surface area contributed by atoms with Gasteiger partial charge in [0.2, 0.25) is 0 Å². The van der Waals surface area contributed by atoms with Gasteiger partial charge in [0.1, 0.15) is 5.75 Å². The highest BCUT2D eigenvalue weighted by atomic mass is 16.5. The summed E-state index contributed by atoms with van der Waals surface area (Å²) >= 11 is 0. The molecule has 1 unspecified atom stereocenters. The fourth-order valence-corrected chi connectivity index (χ4v) is 2.26. The van der Waals surface area contributed by atoms with Crippen LogP contribution in [0.2, 0.25) is 0 Å². The molecule has 2 aromatic carbocycles. The van der Waals surface area contributed by atoms with Gasteiger partial charge < -0.3 is 4.74 Å². The average Bonchev–Trinajstić information content (AvgIpc) is 2.48. The van der Waals surface area contributed by atoms with Crippen molar-refractivity contribution in [1.82, 2.24) is 0 Å². The SMILES string of the molecule is CCC(C)Cc1ccc(-c2ccc(OC(C)=O)cc2)cc1. The number of rotatable bonds is 5. The molecule has 0 bridgehead atoms. The smallest absolute Gasteiger partial charge is 0.308 e. The van der Waals surface area contributed by atoms with E-state index in [-0.39, 0.29) is 5.97 Å². The van der Waals surface area contributed by atoms with E-state index in [1.54, 1.807) is 0 Å². The van der Waals surface area contributed by atoms with Crippen LogP contribution < -0.4 is 4.74 Å². The van der Waals surface area contributed by atoms with Crippen LogP contribution in [0.15, 0.2) is 48.5 Å². The zero-order chi connectivity index (χ0) is 15.2. The van der Waals surface area contributed by atoms with E-state index >= 15 is 0 Å². The molecule has 0 heterocycles. The Kier molecular flexibility index (Phi) is 5.15. The number of carbonyl (C=O) groups excluding carboxylic acids is 1.